The van der Waals surface area contributed by atoms with Crippen LogP contribution in [0.5, 0.6) is 0 Å². The van der Waals surface area contributed by atoms with Crippen LogP contribution >= 0.6 is 11.6 Å². The van der Waals surface area contributed by atoms with E-state index in [1.807, 2.05) is 0 Å². The Hall–Kier alpha value is -3.71. The summed E-state index contributed by atoms with van der Waals surface area (Å²) in [7, 11) is 0. The molecule has 150 valence electrons. The van der Waals surface area contributed by atoms with Crippen molar-refractivity contribution in [2.75, 3.05) is 5.32 Å². The molecule has 0 aliphatic carbocycles. The van der Waals surface area contributed by atoms with Crippen LogP contribution < -0.4 is 5.32 Å². The monoisotopic (exact) mass is 422 g/mol. The number of fused-ring (bicyclic) bond motifs is 1. The maximum Gasteiger partial charge on any atom is 0.339 e. The molecule has 0 saturated heterocycles. The first-order chi connectivity index (χ1) is 14.4. The van der Waals surface area contributed by atoms with Gasteiger partial charge in [0.05, 0.1) is 10.5 Å². The van der Waals surface area contributed by atoms with Crippen molar-refractivity contribution in [2.45, 2.75) is 12.5 Å². The van der Waals surface area contributed by atoms with Gasteiger partial charge in [-0.15, -0.1) is 0 Å². The summed E-state index contributed by atoms with van der Waals surface area (Å²) in [4.78, 5) is 35.2. The van der Waals surface area contributed by atoms with Crippen LogP contribution in [0.15, 0.2) is 66.7 Å². The van der Waals surface area contributed by atoms with Gasteiger partial charge in [-0.25, -0.2) is 4.79 Å². The number of nitro groups is 1. The van der Waals surface area contributed by atoms with E-state index in [1.165, 1.54) is 24.3 Å². The Balaban J connectivity index is 1.54. The van der Waals surface area contributed by atoms with E-state index < -0.39 is 17.0 Å². The van der Waals surface area contributed by atoms with Gasteiger partial charge in [-0.3, -0.25) is 14.9 Å². The highest BCUT2D eigenvalue weighted by Crippen LogP contribution is 2.32. The number of non-ortho nitro benzene ring substituents is 1. The number of anilines is 1. The minimum absolute atomic E-state index is 0.0615. The van der Waals surface area contributed by atoms with Crippen LogP contribution in [0.2, 0.25) is 5.02 Å². The Morgan fingerprint density at radius 2 is 1.77 bits per heavy atom. The van der Waals surface area contributed by atoms with E-state index in [4.69, 9.17) is 16.3 Å². The molecule has 0 fully saturated rings. The third-order valence-electron chi connectivity index (χ3n) is 4.82. The summed E-state index contributed by atoms with van der Waals surface area (Å²) >= 11 is 5.92. The van der Waals surface area contributed by atoms with Gasteiger partial charge in [-0.2, -0.15) is 0 Å². The fraction of sp³-hybridized carbons (Fsp3) is 0.0909. The fourth-order valence-corrected chi connectivity index (χ4v) is 3.40. The lowest BCUT2D eigenvalue weighted by molar-refractivity contribution is -0.384. The van der Waals surface area contributed by atoms with Gasteiger partial charge in [0, 0.05) is 34.8 Å². The van der Waals surface area contributed by atoms with E-state index in [-0.39, 0.29) is 11.6 Å². The molecule has 8 heteroatoms. The first kappa shape index (κ1) is 19.6. The minimum Gasteiger partial charge on any atom is -0.454 e. The summed E-state index contributed by atoms with van der Waals surface area (Å²) in [5, 5.41) is 14.0. The summed E-state index contributed by atoms with van der Waals surface area (Å²) < 4.78 is 5.53. The molecule has 0 saturated carbocycles. The molecule has 0 bridgehead atoms. The fourth-order valence-electron chi connectivity index (χ4n) is 3.27. The maximum absolute atomic E-state index is 12.6. The number of cyclic esters (lactones) is 1. The molecule has 3 aromatic rings. The standard InChI is InChI=1S/C22H15ClN2O5/c23-16-4-1-13(2-5-16)20-12-15-11-14(3-10-19(15)22(27)30-20)21(26)24-17-6-8-18(9-7-17)25(28)29/h1-11,20H,12H2,(H,24,26)/t20-/m0/s1. The number of rotatable bonds is 4. The number of nitrogens with zero attached hydrogens (tertiary/aromatic N) is 1. The zero-order chi connectivity index (χ0) is 21.3. The van der Waals surface area contributed by atoms with Gasteiger partial charge in [0.2, 0.25) is 0 Å². The van der Waals surface area contributed by atoms with E-state index >= 15 is 0 Å². The summed E-state index contributed by atoms with van der Waals surface area (Å²) in [6, 6.07) is 17.4. The zero-order valence-corrected chi connectivity index (χ0v) is 16.3. The number of carbonyl (C=O) groups is 2. The summed E-state index contributed by atoms with van der Waals surface area (Å²) in [6.07, 6.45) is -0.0308. The lowest BCUT2D eigenvalue weighted by atomic mass is 9.93. The van der Waals surface area contributed by atoms with Crippen molar-refractivity contribution in [3.05, 3.63) is 104 Å². The molecule has 1 aliphatic heterocycles. The van der Waals surface area contributed by atoms with Gasteiger partial charge >= 0.3 is 5.97 Å². The number of carbonyl (C=O) groups excluding carboxylic acids is 2. The third kappa shape index (κ3) is 4.01. The molecule has 0 spiro atoms. The highest BCUT2D eigenvalue weighted by atomic mass is 35.5. The molecule has 30 heavy (non-hydrogen) atoms. The molecule has 1 amide bonds. The number of esters is 1. The van der Waals surface area contributed by atoms with Crippen molar-refractivity contribution >= 4 is 34.9 Å². The number of nitrogens with one attached hydrogen (secondary N) is 1. The summed E-state index contributed by atoms with van der Waals surface area (Å²) in [5.74, 6) is -0.827. The second-order valence-electron chi connectivity index (χ2n) is 6.78. The van der Waals surface area contributed by atoms with Gasteiger partial charge in [0.1, 0.15) is 6.10 Å². The smallest absolute Gasteiger partial charge is 0.339 e. The van der Waals surface area contributed by atoms with Crippen molar-refractivity contribution in [1.29, 1.82) is 0 Å². The molecular formula is C22H15ClN2O5. The number of halogens is 1. The second kappa shape index (κ2) is 7.96. The summed E-state index contributed by atoms with van der Waals surface area (Å²) in [5.41, 5.74) is 2.70. The van der Waals surface area contributed by atoms with Crippen molar-refractivity contribution in [2.24, 2.45) is 0 Å². The predicted octanol–water partition coefficient (Wildman–Crippen LogP) is 4.95. The quantitative estimate of drug-likeness (QED) is 0.364. The van der Waals surface area contributed by atoms with Crippen LogP contribution in [0.3, 0.4) is 0 Å². The van der Waals surface area contributed by atoms with Crippen molar-refractivity contribution < 1.29 is 19.2 Å². The molecule has 1 aliphatic rings. The number of benzene rings is 3. The molecule has 0 radical (unpaired) electrons. The molecule has 1 atom stereocenters. The van der Waals surface area contributed by atoms with E-state index in [0.717, 1.165) is 5.56 Å². The van der Waals surface area contributed by atoms with Crippen molar-refractivity contribution in [1.82, 2.24) is 0 Å². The first-order valence-corrected chi connectivity index (χ1v) is 9.44. The van der Waals surface area contributed by atoms with Crippen LogP contribution in [-0.4, -0.2) is 16.8 Å². The highest BCUT2D eigenvalue weighted by molar-refractivity contribution is 6.30. The maximum atomic E-state index is 12.6. The number of hydrogen-bond donors (Lipinski definition) is 1. The van der Waals surface area contributed by atoms with E-state index in [9.17, 15) is 19.7 Å². The molecular weight excluding hydrogens is 408 g/mol. The summed E-state index contributed by atoms with van der Waals surface area (Å²) in [6.45, 7) is 0. The van der Waals surface area contributed by atoms with Gasteiger partial charge in [-0.1, -0.05) is 23.7 Å². The minimum atomic E-state index is -0.509. The van der Waals surface area contributed by atoms with E-state index in [2.05, 4.69) is 5.32 Å². The zero-order valence-electron chi connectivity index (χ0n) is 15.5. The Kier molecular flexibility index (Phi) is 5.20. The Labute approximate surface area is 176 Å². The number of nitro benzene ring substituents is 1. The normalized spacial score (nSPS) is 15.1. The molecule has 0 aromatic heterocycles. The first-order valence-electron chi connectivity index (χ1n) is 9.06. The van der Waals surface area contributed by atoms with E-state index in [0.29, 0.717) is 33.8 Å². The molecule has 4 rings (SSSR count). The number of ether oxygens (including phenoxy) is 1. The Morgan fingerprint density at radius 3 is 2.43 bits per heavy atom. The van der Waals surface area contributed by atoms with Crippen molar-refractivity contribution in [3.63, 3.8) is 0 Å². The molecule has 7 nitrogen and oxygen atoms in total. The van der Waals surface area contributed by atoms with Gasteiger partial charge in [0.25, 0.3) is 11.6 Å². The van der Waals surface area contributed by atoms with Gasteiger partial charge in [-0.05, 0) is 53.6 Å². The number of hydrogen-bond acceptors (Lipinski definition) is 5. The second-order valence-corrected chi connectivity index (χ2v) is 7.22. The molecule has 1 N–H and O–H groups in total. The van der Waals surface area contributed by atoms with Crippen LogP contribution in [0, 0.1) is 10.1 Å². The molecule has 3 aromatic carbocycles. The third-order valence-corrected chi connectivity index (χ3v) is 5.07. The lowest BCUT2D eigenvalue weighted by Crippen LogP contribution is -2.23. The number of amides is 1. The molecule has 1 heterocycles. The van der Waals surface area contributed by atoms with Gasteiger partial charge in [0.15, 0.2) is 0 Å². The Bertz CT molecular complexity index is 1140. The van der Waals surface area contributed by atoms with E-state index in [1.54, 1.807) is 42.5 Å². The van der Waals surface area contributed by atoms with Crippen LogP contribution in [-0.2, 0) is 11.2 Å². The lowest BCUT2D eigenvalue weighted by Gasteiger charge is -2.25. The average Bonchev–Trinajstić information content (AvgIpc) is 2.74. The highest BCUT2D eigenvalue weighted by Gasteiger charge is 2.28. The van der Waals surface area contributed by atoms with Crippen LogP contribution in [0.1, 0.15) is 37.9 Å². The van der Waals surface area contributed by atoms with Crippen molar-refractivity contribution in [3.8, 4) is 0 Å². The SMILES string of the molecule is O=C(Nc1ccc([N+](=O)[O-])cc1)c1ccc2c(c1)C[C@@H](c1ccc(Cl)cc1)OC2=O. The largest absolute Gasteiger partial charge is 0.454 e. The van der Waals surface area contributed by atoms with Gasteiger partial charge < -0.3 is 10.1 Å². The Morgan fingerprint density at radius 1 is 1.07 bits per heavy atom. The predicted molar refractivity (Wildman–Crippen MR) is 111 cm³/mol. The van der Waals surface area contributed by atoms with Crippen LogP contribution in [0.4, 0.5) is 11.4 Å². The van der Waals surface area contributed by atoms with Crippen LogP contribution in [0.25, 0.3) is 0 Å². The average molecular weight is 423 g/mol. The molecule has 0 unspecified atom stereocenters. The topological polar surface area (TPSA) is 98.5 Å².